The number of ether oxygens (including phenoxy) is 2. The van der Waals surface area contributed by atoms with Gasteiger partial charge in [0.25, 0.3) is 5.91 Å². The highest BCUT2D eigenvalue weighted by Gasteiger charge is 2.42. The summed E-state index contributed by atoms with van der Waals surface area (Å²) in [4.78, 5) is 15.0. The van der Waals surface area contributed by atoms with Crippen molar-refractivity contribution in [2.45, 2.75) is 19.9 Å². The van der Waals surface area contributed by atoms with Crippen LogP contribution in [0, 0.1) is 13.8 Å². The number of aromatic hydroxyl groups is 1. The Labute approximate surface area is 175 Å². The Bertz CT molecular complexity index is 1070. The molecule has 1 amide bonds. The minimum absolute atomic E-state index is 0.133. The van der Waals surface area contributed by atoms with Crippen molar-refractivity contribution in [3.05, 3.63) is 64.3 Å². The van der Waals surface area contributed by atoms with Crippen LogP contribution in [0.4, 0.5) is 0 Å². The summed E-state index contributed by atoms with van der Waals surface area (Å²) in [7, 11) is 3.23. The van der Waals surface area contributed by atoms with E-state index in [0.717, 1.165) is 28.0 Å². The molecule has 4 rings (SSSR count). The number of hydrogen-bond donors (Lipinski definition) is 2. The Hall–Kier alpha value is -3.32. The van der Waals surface area contributed by atoms with Crippen LogP contribution in [0.2, 0.25) is 0 Å². The van der Waals surface area contributed by atoms with Gasteiger partial charge >= 0.3 is 0 Å². The normalized spacial score (nSPS) is 15.5. The molecule has 0 aliphatic carbocycles. The van der Waals surface area contributed by atoms with E-state index in [1.165, 1.54) is 0 Å². The second-order valence-electron chi connectivity index (χ2n) is 7.50. The van der Waals surface area contributed by atoms with E-state index in [0.29, 0.717) is 30.1 Å². The number of aromatic amines is 1. The number of phenolic OH excluding ortho intramolecular Hbond substituents is 1. The Balaban J connectivity index is 1.89. The van der Waals surface area contributed by atoms with Crippen LogP contribution in [-0.4, -0.2) is 53.5 Å². The zero-order valence-corrected chi connectivity index (χ0v) is 17.5. The Morgan fingerprint density at radius 2 is 1.90 bits per heavy atom. The largest absolute Gasteiger partial charge is 0.507 e. The molecule has 1 aromatic heterocycles. The molecule has 0 bridgehead atoms. The molecule has 3 aromatic rings. The summed E-state index contributed by atoms with van der Waals surface area (Å²) in [6.45, 7) is 4.72. The van der Waals surface area contributed by atoms with Crippen molar-refractivity contribution in [2.75, 3.05) is 27.4 Å². The standard InChI is InChI=1S/C23H25N3O4/c1-13-11-14(2)18(17(27)12-13)20-19-21(25-24-20)23(28)26(9-10-29-3)22(19)15-5-7-16(30-4)8-6-15/h5-8,11-12,22,27H,9-10H2,1-4H3,(H,24,25). The number of benzene rings is 2. The lowest BCUT2D eigenvalue weighted by Gasteiger charge is -2.26. The third-order valence-corrected chi connectivity index (χ3v) is 5.53. The molecule has 0 saturated heterocycles. The van der Waals surface area contributed by atoms with E-state index in [1.54, 1.807) is 25.2 Å². The number of hydrogen-bond acceptors (Lipinski definition) is 5. The average Bonchev–Trinajstić information content (AvgIpc) is 3.25. The van der Waals surface area contributed by atoms with Gasteiger partial charge in [-0.3, -0.25) is 9.89 Å². The molecule has 156 valence electrons. The maximum atomic E-state index is 13.2. The zero-order valence-electron chi connectivity index (χ0n) is 17.5. The van der Waals surface area contributed by atoms with Crippen LogP contribution >= 0.6 is 0 Å². The van der Waals surface area contributed by atoms with Crippen LogP contribution in [0.1, 0.15) is 38.8 Å². The van der Waals surface area contributed by atoms with E-state index in [9.17, 15) is 9.90 Å². The highest BCUT2D eigenvalue weighted by molar-refractivity contribution is 6.00. The number of fused-ring (bicyclic) bond motifs is 1. The smallest absolute Gasteiger partial charge is 0.273 e. The maximum absolute atomic E-state index is 13.2. The molecular weight excluding hydrogens is 382 g/mol. The van der Waals surface area contributed by atoms with Gasteiger partial charge in [-0.25, -0.2) is 0 Å². The summed E-state index contributed by atoms with van der Waals surface area (Å²) in [5.74, 6) is 0.759. The first kappa shape index (κ1) is 20.0. The van der Waals surface area contributed by atoms with Crippen LogP contribution in [0.5, 0.6) is 11.5 Å². The summed E-state index contributed by atoms with van der Waals surface area (Å²) in [6.07, 6.45) is 0. The first-order chi connectivity index (χ1) is 14.5. The summed E-state index contributed by atoms with van der Waals surface area (Å²) in [5.41, 5.74) is 5.24. The minimum Gasteiger partial charge on any atom is -0.507 e. The fourth-order valence-electron chi connectivity index (χ4n) is 4.19. The number of phenols is 1. The SMILES string of the molecule is COCCN1C(=O)c2[nH]nc(-c3c(C)cc(C)cc3O)c2C1c1ccc(OC)cc1. The number of amides is 1. The van der Waals surface area contributed by atoms with Crippen molar-refractivity contribution in [1.29, 1.82) is 0 Å². The number of nitrogens with zero attached hydrogens (tertiary/aromatic N) is 2. The monoisotopic (exact) mass is 407 g/mol. The van der Waals surface area contributed by atoms with Gasteiger partial charge in [-0.2, -0.15) is 5.10 Å². The predicted molar refractivity (Wildman–Crippen MR) is 113 cm³/mol. The molecule has 30 heavy (non-hydrogen) atoms. The van der Waals surface area contributed by atoms with Gasteiger partial charge in [-0.05, 0) is 48.7 Å². The van der Waals surface area contributed by atoms with Gasteiger partial charge in [-0.1, -0.05) is 18.2 Å². The lowest BCUT2D eigenvalue weighted by atomic mass is 9.93. The van der Waals surface area contributed by atoms with E-state index in [1.807, 2.05) is 44.2 Å². The maximum Gasteiger partial charge on any atom is 0.273 e. The third kappa shape index (κ3) is 3.21. The number of carbonyl (C=O) groups is 1. The van der Waals surface area contributed by atoms with Crippen molar-refractivity contribution in [3.63, 3.8) is 0 Å². The first-order valence-electron chi connectivity index (χ1n) is 9.79. The lowest BCUT2D eigenvalue weighted by molar-refractivity contribution is 0.0677. The lowest BCUT2D eigenvalue weighted by Crippen LogP contribution is -2.32. The summed E-state index contributed by atoms with van der Waals surface area (Å²) in [6, 6.07) is 11.0. The van der Waals surface area contributed by atoms with Crippen LogP contribution in [0.15, 0.2) is 36.4 Å². The van der Waals surface area contributed by atoms with Crippen LogP contribution in [0.25, 0.3) is 11.3 Å². The number of aryl methyl sites for hydroxylation is 2. The zero-order chi connectivity index (χ0) is 21.4. The number of rotatable bonds is 6. The second-order valence-corrected chi connectivity index (χ2v) is 7.50. The van der Waals surface area contributed by atoms with Gasteiger partial charge in [0.05, 0.1) is 19.8 Å². The number of aromatic nitrogens is 2. The van der Waals surface area contributed by atoms with Crippen LogP contribution < -0.4 is 4.74 Å². The summed E-state index contributed by atoms with van der Waals surface area (Å²) >= 11 is 0. The molecule has 2 heterocycles. The van der Waals surface area contributed by atoms with E-state index in [-0.39, 0.29) is 17.7 Å². The summed E-state index contributed by atoms with van der Waals surface area (Å²) in [5, 5.41) is 18.0. The Morgan fingerprint density at radius 3 is 2.53 bits per heavy atom. The molecule has 2 N–H and O–H groups in total. The summed E-state index contributed by atoms with van der Waals surface area (Å²) < 4.78 is 10.5. The molecule has 1 atom stereocenters. The van der Waals surface area contributed by atoms with E-state index < -0.39 is 0 Å². The molecule has 0 fully saturated rings. The van der Waals surface area contributed by atoms with Crippen LogP contribution in [-0.2, 0) is 4.74 Å². The van der Waals surface area contributed by atoms with E-state index in [4.69, 9.17) is 9.47 Å². The highest BCUT2D eigenvalue weighted by atomic mass is 16.5. The number of carbonyl (C=O) groups excluding carboxylic acids is 1. The molecule has 1 unspecified atom stereocenters. The minimum atomic E-state index is -0.345. The van der Waals surface area contributed by atoms with Crippen molar-refractivity contribution in [3.8, 4) is 22.8 Å². The van der Waals surface area contributed by atoms with Gasteiger partial charge < -0.3 is 19.5 Å². The molecule has 1 aliphatic rings. The number of nitrogens with one attached hydrogen (secondary N) is 1. The number of methoxy groups -OCH3 is 2. The molecule has 2 aromatic carbocycles. The topological polar surface area (TPSA) is 87.7 Å². The quantitative estimate of drug-likeness (QED) is 0.652. The van der Waals surface area contributed by atoms with Crippen molar-refractivity contribution in [1.82, 2.24) is 15.1 Å². The van der Waals surface area contributed by atoms with Gasteiger partial charge in [0, 0.05) is 24.8 Å². The predicted octanol–water partition coefficient (Wildman–Crippen LogP) is 3.60. The molecule has 0 saturated carbocycles. The second kappa shape index (κ2) is 7.84. The molecule has 7 nitrogen and oxygen atoms in total. The van der Waals surface area contributed by atoms with Crippen LogP contribution in [0.3, 0.4) is 0 Å². The average molecular weight is 407 g/mol. The van der Waals surface area contributed by atoms with Crippen molar-refractivity contribution >= 4 is 5.91 Å². The third-order valence-electron chi connectivity index (χ3n) is 5.53. The Kier molecular flexibility index (Phi) is 5.22. The molecule has 0 spiro atoms. The van der Waals surface area contributed by atoms with E-state index in [2.05, 4.69) is 10.2 Å². The van der Waals surface area contributed by atoms with E-state index >= 15 is 0 Å². The molecular formula is C23H25N3O4. The fraction of sp³-hybridized carbons (Fsp3) is 0.304. The molecule has 0 radical (unpaired) electrons. The molecule has 7 heteroatoms. The van der Waals surface area contributed by atoms with Gasteiger partial charge in [0.15, 0.2) is 0 Å². The molecule has 1 aliphatic heterocycles. The first-order valence-corrected chi connectivity index (χ1v) is 9.79. The van der Waals surface area contributed by atoms with Crippen molar-refractivity contribution in [2.24, 2.45) is 0 Å². The fourth-order valence-corrected chi connectivity index (χ4v) is 4.19. The van der Waals surface area contributed by atoms with Gasteiger partial charge in [-0.15, -0.1) is 0 Å². The highest BCUT2D eigenvalue weighted by Crippen LogP contribution is 2.45. The Morgan fingerprint density at radius 1 is 1.17 bits per heavy atom. The van der Waals surface area contributed by atoms with Gasteiger partial charge in [0.2, 0.25) is 0 Å². The number of H-pyrrole nitrogens is 1. The van der Waals surface area contributed by atoms with Gasteiger partial charge in [0.1, 0.15) is 22.9 Å². The van der Waals surface area contributed by atoms with Crippen molar-refractivity contribution < 1.29 is 19.4 Å².